The highest BCUT2D eigenvalue weighted by atomic mass is 15.1. The number of para-hydroxylation sites is 2. The van der Waals surface area contributed by atoms with Gasteiger partial charge in [-0.2, -0.15) is 0 Å². The Morgan fingerprint density at radius 1 is 0.538 bits per heavy atom. The van der Waals surface area contributed by atoms with Crippen LogP contribution in [-0.2, 0) is 0 Å². The second-order valence-electron chi connectivity index (χ2n) is 9.88. The molecule has 8 aromatic rings. The van der Waals surface area contributed by atoms with Gasteiger partial charge in [-0.05, 0) is 85.9 Å². The summed E-state index contributed by atoms with van der Waals surface area (Å²) in [6.45, 7) is 0. The van der Waals surface area contributed by atoms with Crippen molar-refractivity contribution in [1.29, 1.82) is 0 Å². The maximum absolute atomic E-state index is 4.94. The maximum atomic E-state index is 4.94. The molecule has 3 nitrogen and oxygen atoms in total. The van der Waals surface area contributed by atoms with Crippen molar-refractivity contribution in [3.63, 3.8) is 0 Å². The number of benzene rings is 6. The monoisotopic (exact) mass is 497 g/mol. The van der Waals surface area contributed by atoms with Crippen LogP contribution in [0.2, 0.25) is 0 Å². The zero-order chi connectivity index (χ0) is 25.8. The fourth-order valence-electron chi connectivity index (χ4n) is 5.86. The molecule has 0 aliphatic carbocycles. The first-order chi connectivity index (χ1) is 19.3. The van der Waals surface area contributed by atoms with E-state index in [9.17, 15) is 0 Å². The number of hydrogen-bond donors (Lipinski definition) is 0. The second-order valence-corrected chi connectivity index (χ2v) is 9.88. The minimum atomic E-state index is 0.840. The van der Waals surface area contributed by atoms with Gasteiger partial charge >= 0.3 is 0 Å². The maximum Gasteiger partial charge on any atom is 0.164 e. The number of rotatable bonds is 3. The third-order valence-electron chi connectivity index (χ3n) is 7.64. The van der Waals surface area contributed by atoms with Gasteiger partial charge in [0, 0.05) is 11.9 Å². The van der Waals surface area contributed by atoms with E-state index in [1.54, 1.807) is 0 Å². The zero-order valence-electron chi connectivity index (χ0n) is 21.1. The number of fused-ring (bicyclic) bond motifs is 6. The van der Waals surface area contributed by atoms with Gasteiger partial charge in [0.15, 0.2) is 5.82 Å². The summed E-state index contributed by atoms with van der Waals surface area (Å²) in [5.74, 6) is 0.840. The van der Waals surface area contributed by atoms with Crippen molar-refractivity contribution in [3.05, 3.63) is 140 Å². The molecular formula is C36H23N3. The molecule has 3 heteroatoms. The Balaban J connectivity index is 1.32. The molecular weight excluding hydrogens is 474 g/mol. The van der Waals surface area contributed by atoms with E-state index >= 15 is 0 Å². The lowest BCUT2D eigenvalue weighted by atomic mass is 9.91. The van der Waals surface area contributed by atoms with Crippen molar-refractivity contribution in [2.45, 2.75) is 0 Å². The Hall–Kier alpha value is -5.28. The quantitative estimate of drug-likeness (QED) is 0.228. The summed E-state index contributed by atoms with van der Waals surface area (Å²) in [6, 6.07) is 47.2. The lowest BCUT2D eigenvalue weighted by Crippen LogP contribution is -1.98. The highest BCUT2D eigenvalue weighted by molar-refractivity contribution is 6.23. The molecule has 0 bridgehead atoms. The Bertz CT molecular complexity index is 2160. The van der Waals surface area contributed by atoms with Crippen molar-refractivity contribution < 1.29 is 0 Å². The Labute approximate surface area is 225 Å². The minimum Gasteiger partial charge on any atom is -0.291 e. The van der Waals surface area contributed by atoms with Crippen molar-refractivity contribution in [1.82, 2.24) is 14.5 Å². The molecule has 0 amide bonds. The molecule has 0 radical (unpaired) electrons. The number of imidazole rings is 1. The van der Waals surface area contributed by atoms with Gasteiger partial charge in [-0.15, -0.1) is 0 Å². The van der Waals surface area contributed by atoms with Crippen LogP contribution < -0.4 is 0 Å². The number of nitrogens with zero attached hydrogens (tertiary/aromatic N) is 3. The van der Waals surface area contributed by atoms with Crippen LogP contribution in [0.3, 0.4) is 0 Å². The van der Waals surface area contributed by atoms with Gasteiger partial charge in [0.2, 0.25) is 0 Å². The Morgan fingerprint density at radius 3 is 2.10 bits per heavy atom. The van der Waals surface area contributed by atoms with Gasteiger partial charge < -0.3 is 0 Å². The fraction of sp³-hybridized carbons (Fsp3) is 0. The van der Waals surface area contributed by atoms with Crippen LogP contribution in [0.1, 0.15) is 0 Å². The molecule has 8 rings (SSSR count). The number of hydrogen-bond acceptors (Lipinski definition) is 2. The molecule has 2 heterocycles. The van der Waals surface area contributed by atoms with Crippen LogP contribution in [-0.4, -0.2) is 14.5 Å². The molecule has 0 saturated heterocycles. The smallest absolute Gasteiger partial charge is 0.164 e. The van der Waals surface area contributed by atoms with E-state index < -0.39 is 0 Å². The summed E-state index contributed by atoms with van der Waals surface area (Å²) in [4.78, 5) is 9.54. The second kappa shape index (κ2) is 8.64. The largest absolute Gasteiger partial charge is 0.291 e. The Kier molecular flexibility index (Phi) is 4.82. The number of aromatic nitrogens is 3. The molecule has 0 aliphatic heterocycles. The fourth-order valence-corrected chi connectivity index (χ4v) is 5.86. The van der Waals surface area contributed by atoms with Gasteiger partial charge in [-0.3, -0.25) is 9.55 Å². The molecule has 0 unspecified atom stereocenters. The summed E-state index contributed by atoms with van der Waals surface area (Å²) in [5.41, 5.74) is 6.35. The lowest BCUT2D eigenvalue weighted by Gasteiger charge is -2.14. The predicted molar refractivity (Wildman–Crippen MR) is 162 cm³/mol. The van der Waals surface area contributed by atoms with Crippen LogP contribution in [0, 0.1) is 0 Å². The van der Waals surface area contributed by atoms with E-state index in [0.717, 1.165) is 28.2 Å². The third-order valence-corrected chi connectivity index (χ3v) is 7.64. The van der Waals surface area contributed by atoms with Gasteiger partial charge in [0.25, 0.3) is 0 Å². The van der Waals surface area contributed by atoms with Crippen LogP contribution in [0.5, 0.6) is 0 Å². The standard InChI is InChI=1S/C36H23N3/c1-2-10-28-24(9-1)16-17-26-23-31(29-11-3-4-12-30(29)35(26)28)25-18-20-27(21-19-25)39-34-15-6-5-13-32(34)38-36(39)33-14-7-8-22-37-33/h1-23H. The van der Waals surface area contributed by atoms with E-state index in [4.69, 9.17) is 4.98 Å². The molecule has 39 heavy (non-hydrogen) atoms. The molecule has 0 spiro atoms. The minimum absolute atomic E-state index is 0.840. The molecule has 0 aliphatic rings. The van der Waals surface area contributed by atoms with E-state index in [0.29, 0.717) is 0 Å². The van der Waals surface area contributed by atoms with Gasteiger partial charge in [0.05, 0.1) is 11.0 Å². The first-order valence-corrected chi connectivity index (χ1v) is 13.2. The van der Waals surface area contributed by atoms with Gasteiger partial charge in [0.1, 0.15) is 5.69 Å². The summed E-state index contributed by atoms with van der Waals surface area (Å²) in [6.07, 6.45) is 1.82. The summed E-state index contributed by atoms with van der Waals surface area (Å²) in [7, 11) is 0. The van der Waals surface area contributed by atoms with Gasteiger partial charge in [-0.25, -0.2) is 4.98 Å². The van der Waals surface area contributed by atoms with E-state index in [1.165, 1.54) is 43.4 Å². The summed E-state index contributed by atoms with van der Waals surface area (Å²) >= 11 is 0. The molecule has 2 aromatic heterocycles. The van der Waals surface area contributed by atoms with Crippen molar-refractivity contribution >= 4 is 43.4 Å². The molecule has 0 atom stereocenters. The topological polar surface area (TPSA) is 30.7 Å². The van der Waals surface area contributed by atoms with Crippen LogP contribution in [0.4, 0.5) is 0 Å². The van der Waals surface area contributed by atoms with E-state index in [2.05, 4.69) is 119 Å². The summed E-state index contributed by atoms with van der Waals surface area (Å²) in [5, 5.41) is 7.67. The zero-order valence-corrected chi connectivity index (χ0v) is 21.1. The SMILES string of the molecule is c1ccc(-c2nc3ccccc3n2-c2ccc(-c3cc4ccc5ccccc5c4c4ccccc34)cc2)nc1. The van der Waals surface area contributed by atoms with E-state index in [1.807, 2.05) is 30.5 Å². The van der Waals surface area contributed by atoms with Crippen molar-refractivity contribution in [2.24, 2.45) is 0 Å². The average molecular weight is 498 g/mol. The lowest BCUT2D eigenvalue weighted by molar-refractivity contribution is 1.08. The van der Waals surface area contributed by atoms with Gasteiger partial charge in [-0.1, -0.05) is 91.0 Å². The Morgan fingerprint density at radius 2 is 1.26 bits per heavy atom. The number of pyridine rings is 1. The first kappa shape index (κ1) is 21.8. The summed E-state index contributed by atoms with van der Waals surface area (Å²) < 4.78 is 2.20. The molecule has 0 fully saturated rings. The van der Waals surface area contributed by atoms with Crippen LogP contribution in [0.15, 0.2) is 140 Å². The van der Waals surface area contributed by atoms with E-state index in [-0.39, 0.29) is 0 Å². The highest BCUT2D eigenvalue weighted by Crippen LogP contribution is 2.38. The predicted octanol–water partition coefficient (Wildman–Crippen LogP) is 9.21. The molecule has 182 valence electrons. The molecule has 0 saturated carbocycles. The molecule has 6 aromatic carbocycles. The highest BCUT2D eigenvalue weighted by Gasteiger charge is 2.16. The average Bonchev–Trinajstić information content (AvgIpc) is 3.41. The van der Waals surface area contributed by atoms with Crippen molar-refractivity contribution in [2.75, 3.05) is 0 Å². The van der Waals surface area contributed by atoms with Crippen LogP contribution >= 0.6 is 0 Å². The first-order valence-electron chi connectivity index (χ1n) is 13.2. The van der Waals surface area contributed by atoms with Crippen molar-refractivity contribution in [3.8, 4) is 28.3 Å². The third kappa shape index (κ3) is 3.44. The normalized spacial score (nSPS) is 11.6. The van der Waals surface area contributed by atoms with Crippen LogP contribution in [0.25, 0.3) is 71.7 Å². The molecule has 0 N–H and O–H groups in total.